The summed E-state index contributed by atoms with van der Waals surface area (Å²) in [6, 6.07) is 11.9. The maximum atomic E-state index is 13.8. The summed E-state index contributed by atoms with van der Waals surface area (Å²) in [6.07, 6.45) is 0.499. The number of hydrogen-bond donors (Lipinski definition) is 1. The van der Waals surface area contributed by atoms with Crippen LogP contribution in [0.4, 0.5) is 4.39 Å². The van der Waals surface area contributed by atoms with Crippen molar-refractivity contribution < 1.29 is 4.39 Å². The molecule has 0 aliphatic carbocycles. The number of halogens is 3. The van der Waals surface area contributed by atoms with E-state index in [-0.39, 0.29) is 5.82 Å². The van der Waals surface area contributed by atoms with E-state index in [4.69, 9.17) is 17.3 Å². The van der Waals surface area contributed by atoms with Crippen molar-refractivity contribution in [1.29, 1.82) is 0 Å². The molecule has 0 aliphatic heterocycles. The largest absolute Gasteiger partial charge is 0.324 e. The third-order valence-electron chi connectivity index (χ3n) is 2.77. The fourth-order valence-corrected chi connectivity index (χ4v) is 2.72. The smallest absolute Gasteiger partial charge is 0.129 e. The first-order valence-corrected chi connectivity index (χ1v) is 6.69. The minimum atomic E-state index is -0.430. The van der Waals surface area contributed by atoms with E-state index < -0.39 is 6.04 Å². The lowest BCUT2D eigenvalue weighted by Gasteiger charge is -2.15. The second kappa shape index (κ2) is 5.83. The molecule has 1 nitrogen and oxygen atoms in total. The number of hydrogen-bond acceptors (Lipinski definition) is 1. The Labute approximate surface area is 119 Å². The Morgan fingerprint density at radius 3 is 2.56 bits per heavy atom. The Hall–Kier alpha value is -0.900. The van der Waals surface area contributed by atoms with E-state index >= 15 is 0 Å². The SMILES string of the molecule is NC(Cc1ccccc1Cl)c1c(F)cccc1Br. The van der Waals surface area contributed by atoms with Gasteiger partial charge in [0, 0.05) is 21.1 Å². The van der Waals surface area contributed by atoms with Crippen molar-refractivity contribution in [1.82, 2.24) is 0 Å². The second-order valence-electron chi connectivity index (χ2n) is 4.04. The van der Waals surface area contributed by atoms with Crippen molar-refractivity contribution in [3.05, 3.63) is 68.9 Å². The first-order chi connectivity index (χ1) is 8.59. The van der Waals surface area contributed by atoms with Crippen molar-refractivity contribution in [3.8, 4) is 0 Å². The molecule has 2 aromatic rings. The van der Waals surface area contributed by atoms with E-state index in [2.05, 4.69) is 15.9 Å². The van der Waals surface area contributed by atoms with Crippen LogP contribution in [0.15, 0.2) is 46.9 Å². The van der Waals surface area contributed by atoms with Crippen LogP contribution >= 0.6 is 27.5 Å². The molecule has 2 aromatic carbocycles. The zero-order chi connectivity index (χ0) is 13.1. The molecule has 0 aromatic heterocycles. The van der Waals surface area contributed by atoms with Gasteiger partial charge in [0.05, 0.1) is 0 Å². The van der Waals surface area contributed by atoms with Gasteiger partial charge in [-0.15, -0.1) is 0 Å². The Balaban J connectivity index is 2.28. The predicted octanol–water partition coefficient (Wildman–Crippen LogP) is 4.48. The van der Waals surface area contributed by atoms with Crippen LogP contribution in [-0.4, -0.2) is 0 Å². The lowest BCUT2D eigenvalue weighted by molar-refractivity contribution is 0.578. The molecule has 18 heavy (non-hydrogen) atoms. The molecule has 0 aliphatic rings. The van der Waals surface area contributed by atoms with Crippen LogP contribution in [0, 0.1) is 5.82 Å². The van der Waals surface area contributed by atoms with Crippen molar-refractivity contribution in [2.45, 2.75) is 12.5 Å². The van der Waals surface area contributed by atoms with Gasteiger partial charge in [-0.25, -0.2) is 4.39 Å². The highest BCUT2D eigenvalue weighted by atomic mass is 79.9. The molecule has 4 heteroatoms. The van der Waals surface area contributed by atoms with Crippen molar-refractivity contribution >= 4 is 27.5 Å². The van der Waals surface area contributed by atoms with Gasteiger partial charge >= 0.3 is 0 Å². The summed E-state index contributed by atoms with van der Waals surface area (Å²) in [6.45, 7) is 0. The van der Waals surface area contributed by atoms with Gasteiger partial charge in [-0.1, -0.05) is 51.8 Å². The van der Waals surface area contributed by atoms with E-state index in [1.807, 2.05) is 18.2 Å². The van der Waals surface area contributed by atoms with E-state index in [9.17, 15) is 4.39 Å². The summed E-state index contributed by atoms with van der Waals surface area (Å²) in [4.78, 5) is 0. The van der Waals surface area contributed by atoms with Crippen LogP contribution in [0.2, 0.25) is 5.02 Å². The molecule has 2 N–H and O–H groups in total. The van der Waals surface area contributed by atoms with Crippen LogP contribution in [0.25, 0.3) is 0 Å². The average Bonchev–Trinajstić information content (AvgIpc) is 2.32. The molecule has 1 atom stereocenters. The van der Waals surface area contributed by atoms with Crippen LogP contribution in [0.1, 0.15) is 17.2 Å². The minimum absolute atomic E-state index is 0.302. The number of rotatable bonds is 3. The summed E-state index contributed by atoms with van der Waals surface area (Å²) in [7, 11) is 0. The second-order valence-corrected chi connectivity index (χ2v) is 5.30. The summed E-state index contributed by atoms with van der Waals surface area (Å²) in [5, 5.41) is 0.653. The Bertz CT molecular complexity index is 539. The van der Waals surface area contributed by atoms with Gasteiger partial charge in [0.2, 0.25) is 0 Å². The van der Waals surface area contributed by atoms with Gasteiger partial charge in [0.1, 0.15) is 5.82 Å². The van der Waals surface area contributed by atoms with Crippen molar-refractivity contribution in [2.75, 3.05) is 0 Å². The van der Waals surface area contributed by atoms with Gasteiger partial charge in [-0.05, 0) is 30.2 Å². The van der Waals surface area contributed by atoms with Crippen molar-refractivity contribution in [3.63, 3.8) is 0 Å². The highest BCUT2D eigenvalue weighted by Gasteiger charge is 2.16. The maximum Gasteiger partial charge on any atom is 0.129 e. The highest BCUT2D eigenvalue weighted by molar-refractivity contribution is 9.10. The third kappa shape index (κ3) is 2.91. The molecule has 0 spiro atoms. The normalized spacial score (nSPS) is 12.4. The molecule has 0 heterocycles. The fraction of sp³-hybridized carbons (Fsp3) is 0.143. The topological polar surface area (TPSA) is 26.0 Å². The van der Waals surface area contributed by atoms with Crippen LogP contribution < -0.4 is 5.73 Å². The molecule has 94 valence electrons. The summed E-state index contributed by atoms with van der Waals surface area (Å²) < 4.78 is 14.4. The maximum absolute atomic E-state index is 13.8. The molecule has 1 unspecified atom stereocenters. The standard InChI is InChI=1S/C14H12BrClFN/c15-10-5-3-7-12(17)14(10)13(18)8-9-4-1-2-6-11(9)16/h1-7,13H,8,18H2. The average molecular weight is 329 g/mol. The lowest BCUT2D eigenvalue weighted by Crippen LogP contribution is -2.16. The monoisotopic (exact) mass is 327 g/mol. The molecule has 0 radical (unpaired) electrons. The number of nitrogens with two attached hydrogens (primary N) is 1. The predicted molar refractivity (Wildman–Crippen MR) is 76.2 cm³/mol. The Morgan fingerprint density at radius 1 is 1.17 bits per heavy atom. The summed E-state index contributed by atoms with van der Waals surface area (Å²) >= 11 is 9.40. The number of benzene rings is 2. The Kier molecular flexibility index (Phi) is 4.38. The first-order valence-electron chi connectivity index (χ1n) is 5.52. The van der Waals surface area contributed by atoms with Gasteiger partial charge in [0.25, 0.3) is 0 Å². The molecule has 2 rings (SSSR count). The molecular formula is C14H12BrClFN. The van der Waals surface area contributed by atoms with E-state index in [1.165, 1.54) is 6.07 Å². The van der Waals surface area contributed by atoms with Gasteiger partial charge in [-0.2, -0.15) is 0 Å². The summed E-state index contributed by atoms with van der Waals surface area (Å²) in [5.41, 5.74) is 7.47. The highest BCUT2D eigenvalue weighted by Crippen LogP contribution is 2.28. The fourth-order valence-electron chi connectivity index (χ4n) is 1.87. The van der Waals surface area contributed by atoms with Gasteiger partial charge < -0.3 is 5.73 Å². The van der Waals surface area contributed by atoms with Gasteiger partial charge in [-0.3, -0.25) is 0 Å². The molecular weight excluding hydrogens is 317 g/mol. The minimum Gasteiger partial charge on any atom is -0.324 e. The van der Waals surface area contributed by atoms with Gasteiger partial charge in [0.15, 0.2) is 0 Å². The zero-order valence-electron chi connectivity index (χ0n) is 9.54. The van der Waals surface area contributed by atoms with E-state index in [0.29, 0.717) is 21.5 Å². The van der Waals surface area contributed by atoms with Crippen LogP contribution in [0.5, 0.6) is 0 Å². The molecule has 0 saturated heterocycles. The molecule has 0 amide bonds. The zero-order valence-corrected chi connectivity index (χ0v) is 11.9. The quantitative estimate of drug-likeness (QED) is 0.883. The third-order valence-corrected chi connectivity index (χ3v) is 3.83. The first kappa shape index (κ1) is 13.5. The Morgan fingerprint density at radius 2 is 1.89 bits per heavy atom. The van der Waals surface area contributed by atoms with Crippen molar-refractivity contribution in [2.24, 2.45) is 5.73 Å². The molecule has 0 bridgehead atoms. The summed E-state index contributed by atoms with van der Waals surface area (Å²) in [5.74, 6) is -0.302. The van der Waals surface area contributed by atoms with Crippen LogP contribution in [-0.2, 0) is 6.42 Å². The lowest BCUT2D eigenvalue weighted by atomic mass is 9.99. The van der Waals surface area contributed by atoms with Crippen LogP contribution in [0.3, 0.4) is 0 Å². The molecule has 0 saturated carbocycles. The van der Waals surface area contributed by atoms with E-state index in [0.717, 1.165) is 5.56 Å². The van der Waals surface area contributed by atoms with E-state index in [1.54, 1.807) is 18.2 Å². The molecule has 0 fully saturated rings.